The van der Waals surface area contributed by atoms with Crippen LogP contribution in [0.5, 0.6) is 0 Å². The highest BCUT2D eigenvalue weighted by molar-refractivity contribution is 6.01. The number of carbonyl (C=O) groups is 1. The first-order valence-corrected chi connectivity index (χ1v) is 6.45. The fraction of sp³-hybridized carbons (Fsp3) is 0.125. The van der Waals surface area contributed by atoms with Crippen molar-refractivity contribution in [1.82, 2.24) is 10.2 Å². The van der Waals surface area contributed by atoms with E-state index in [9.17, 15) is 4.79 Å². The standard InChI is InChI=1S/C16H14N2O2/c1-11(12-7-3-2-4-8-12)20-16(19)15-13-9-5-6-10-14(13)17-18-15/h2-11H,1H3,(H,17,18). The van der Waals surface area contributed by atoms with E-state index in [4.69, 9.17) is 4.74 Å². The van der Waals surface area contributed by atoms with Crippen molar-refractivity contribution < 1.29 is 9.53 Å². The average Bonchev–Trinajstić information content (AvgIpc) is 2.92. The van der Waals surface area contributed by atoms with Crippen LogP contribution in [0.15, 0.2) is 54.6 Å². The van der Waals surface area contributed by atoms with Crippen LogP contribution < -0.4 is 0 Å². The monoisotopic (exact) mass is 266 g/mol. The van der Waals surface area contributed by atoms with E-state index >= 15 is 0 Å². The molecule has 3 rings (SSSR count). The van der Waals surface area contributed by atoms with Crippen molar-refractivity contribution in [2.45, 2.75) is 13.0 Å². The van der Waals surface area contributed by atoms with Gasteiger partial charge in [0.2, 0.25) is 0 Å². The molecule has 3 aromatic rings. The van der Waals surface area contributed by atoms with Gasteiger partial charge in [0, 0.05) is 5.39 Å². The van der Waals surface area contributed by atoms with Crippen molar-refractivity contribution in [2.24, 2.45) is 0 Å². The Labute approximate surface area is 116 Å². The molecule has 0 bridgehead atoms. The van der Waals surface area contributed by atoms with Crippen molar-refractivity contribution in [3.8, 4) is 0 Å². The predicted molar refractivity (Wildman–Crippen MR) is 76.4 cm³/mol. The number of hydrogen-bond acceptors (Lipinski definition) is 3. The van der Waals surface area contributed by atoms with Crippen LogP contribution in [0, 0.1) is 0 Å². The minimum Gasteiger partial charge on any atom is -0.453 e. The summed E-state index contributed by atoms with van der Waals surface area (Å²) in [5.74, 6) is -0.418. The minimum absolute atomic E-state index is 0.306. The molecule has 1 aromatic heterocycles. The minimum atomic E-state index is -0.418. The van der Waals surface area contributed by atoms with Crippen LogP contribution in [0.4, 0.5) is 0 Å². The molecule has 0 fully saturated rings. The fourth-order valence-electron chi connectivity index (χ4n) is 2.13. The van der Waals surface area contributed by atoms with Crippen LogP contribution in [-0.4, -0.2) is 16.2 Å². The second kappa shape index (κ2) is 5.17. The van der Waals surface area contributed by atoms with Gasteiger partial charge in [-0.25, -0.2) is 4.79 Å². The number of H-pyrrole nitrogens is 1. The van der Waals surface area contributed by atoms with Crippen LogP contribution in [0.1, 0.15) is 29.1 Å². The number of aromatic amines is 1. The Morgan fingerprint density at radius 2 is 1.80 bits per heavy atom. The molecule has 0 spiro atoms. The van der Waals surface area contributed by atoms with Crippen LogP contribution in [0.3, 0.4) is 0 Å². The second-order valence-electron chi connectivity index (χ2n) is 4.58. The molecule has 100 valence electrons. The third kappa shape index (κ3) is 2.28. The molecule has 1 unspecified atom stereocenters. The topological polar surface area (TPSA) is 55.0 Å². The van der Waals surface area contributed by atoms with Crippen LogP contribution >= 0.6 is 0 Å². The molecule has 1 N–H and O–H groups in total. The van der Waals surface area contributed by atoms with E-state index in [2.05, 4.69) is 10.2 Å². The fourth-order valence-corrected chi connectivity index (χ4v) is 2.13. The van der Waals surface area contributed by atoms with Gasteiger partial charge in [0.1, 0.15) is 6.10 Å². The SMILES string of the molecule is CC(OC(=O)c1n[nH]c2ccccc12)c1ccccc1. The van der Waals surface area contributed by atoms with E-state index in [-0.39, 0.29) is 6.10 Å². The molecule has 4 nitrogen and oxygen atoms in total. The zero-order valence-electron chi connectivity index (χ0n) is 11.0. The maximum absolute atomic E-state index is 12.2. The summed E-state index contributed by atoms with van der Waals surface area (Å²) < 4.78 is 5.47. The van der Waals surface area contributed by atoms with Gasteiger partial charge in [0.05, 0.1) is 5.52 Å². The van der Waals surface area contributed by atoms with Crippen LogP contribution in [-0.2, 0) is 4.74 Å². The molecule has 0 aliphatic rings. The molecule has 0 saturated carbocycles. The molecule has 0 aliphatic carbocycles. The number of nitrogens with one attached hydrogen (secondary N) is 1. The van der Waals surface area contributed by atoms with Gasteiger partial charge in [-0.2, -0.15) is 5.10 Å². The molecule has 1 atom stereocenters. The van der Waals surface area contributed by atoms with E-state index < -0.39 is 5.97 Å². The molecule has 2 aromatic carbocycles. The lowest BCUT2D eigenvalue weighted by molar-refractivity contribution is 0.0333. The Balaban J connectivity index is 1.83. The second-order valence-corrected chi connectivity index (χ2v) is 4.58. The molecule has 1 heterocycles. The highest BCUT2D eigenvalue weighted by Crippen LogP contribution is 2.21. The molecule has 0 saturated heterocycles. The lowest BCUT2D eigenvalue weighted by Crippen LogP contribution is -2.10. The Kier molecular flexibility index (Phi) is 3.21. The number of para-hydroxylation sites is 1. The normalized spacial score (nSPS) is 12.2. The number of hydrogen-bond donors (Lipinski definition) is 1. The van der Waals surface area contributed by atoms with Gasteiger partial charge in [0.25, 0.3) is 0 Å². The summed E-state index contributed by atoms with van der Waals surface area (Å²) in [6, 6.07) is 17.1. The first kappa shape index (κ1) is 12.4. The third-order valence-corrected chi connectivity index (χ3v) is 3.22. The number of rotatable bonds is 3. The van der Waals surface area contributed by atoms with Gasteiger partial charge in [-0.3, -0.25) is 5.10 Å². The molecular weight excluding hydrogens is 252 g/mol. The van der Waals surface area contributed by atoms with E-state index in [0.29, 0.717) is 5.69 Å². The van der Waals surface area contributed by atoms with E-state index in [1.165, 1.54) is 0 Å². The van der Waals surface area contributed by atoms with E-state index in [1.54, 1.807) is 0 Å². The van der Waals surface area contributed by atoms with Gasteiger partial charge in [-0.15, -0.1) is 0 Å². The summed E-state index contributed by atoms with van der Waals surface area (Å²) in [6.45, 7) is 1.85. The molecule has 4 heteroatoms. The Morgan fingerprint density at radius 3 is 2.60 bits per heavy atom. The molecule has 0 amide bonds. The van der Waals surface area contributed by atoms with Crippen molar-refractivity contribution in [3.63, 3.8) is 0 Å². The van der Waals surface area contributed by atoms with Gasteiger partial charge in [0.15, 0.2) is 5.69 Å². The van der Waals surface area contributed by atoms with Crippen molar-refractivity contribution in [3.05, 3.63) is 65.9 Å². The molecule has 20 heavy (non-hydrogen) atoms. The van der Waals surface area contributed by atoms with E-state index in [1.807, 2.05) is 61.5 Å². The molecule has 0 radical (unpaired) electrons. The Morgan fingerprint density at radius 1 is 1.10 bits per heavy atom. The zero-order valence-corrected chi connectivity index (χ0v) is 11.0. The summed E-state index contributed by atoms with van der Waals surface area (Å²) in [6.07, 6.45) is -0.306. The number of carbonyl (C=O) groups excluding carboxylic acids is 1. The largest absolute Gasteiger partial charge is 0.453 e. The number of esters is 1. The highest BCUT2D eigenvalue weighted by Gasteiger charge is 2.18. The summed E-state index contributed by atoms with van der Waals surface area (Å²) in [5.41, 5.74) is 2.11. The number of aromatic nitrogens is 2. The van der Waals surface area contributed by atoms with Crippen molar-refractivity contribution >= 4 is 16.9 Å². The Hall–Kier alpha value is -2.62. The first-order valence-electron chi connectivity index (χ1n) is 6.45. The predicted octanol–water partition coefficient (Wildman–Crippen LogP) is 3.48. The quantitative estimate of drug-likeness (QED) is 0.738. The average molecular weight is 266 g/mol. The van der Waals surface area contributed by atoms with Crippen molar-refractivity contribution in [2.75, 3.05) is 0 Å². The van der Waals surface area contributed by atoms with Gasteiger partial charge < -0.3 is 4.74 Å². The Bertz CT molecular complexity index is 734. The summed E-state index contributed by atoms with van der Waals surface area (Å²) >= 11 is 0. The zero-order chi connectivity index (χ0) is 13.9. The van der Waals surface area contributed by atoms with Gasteiger partial charge >= 0.3 is 5.97 Å². The number of fused-ring (bicyclic) bond motifs is 1. The van der Waals surface area contributed by atoms with Gasteiger partial charge in [-0.1, -0.05) is 48.5 Å². The van der Waals surface area contributed by atoms with Crippen LogP contribution in [0.2, 0.25) is 0 Å². The van der Waals surface area contributed by atoms with Crippen molar-refractivity contribution in [1.29, 1.82) is 0 Å². The van der Waals surface area contributed by atoms with Gasteiger partial charge in [-0.05, 0) is 18.6 Å². The number of nitrogens with zero attached hydrogens (tertiary/aromatic N) is 1. The highest BCUT2D eigenvalue weighted by atomic mass is 16.5. The summed E-state index contributed by atoms with van der Waals surface area (Å²) in [4.78, 5) is 12.2. The number of benzene rings is 2. The molecule has 0 aliphatic heterocycles. The van der Waals surface area contributed by atoms with E-state index in [0.717, 1.165) is 16.5 Å². The number of ether oxygens (including phenoxy) is 1. The third-order valence-electron chi connectivity index (χ3n) is 3.22. The maximum atomic E-state index is 12.2. The summed E-state index contributed by atoms with van der Waals surface area (Å²) in [5, 5.41) is 7.65. The maximum Gasteiger partial charge on any atom is 0.360 e. The summed E-state index contributed by atoms with van der Waals surface area (Å²) in [7, 11) is 0. The smallest absolute Gasteiger partial charge is 0.360 e. The lowest BCUT2D eigenvalue weighted by Gasteiger charge is -2.12. The molecular formula is C16H14N2O2. The first-order chi connectivity index (χ1) is 9.75. The van der Waals surface area contributed by atoms with Crippen LogP contribution in [0.25, 0.3) is 10.9 Å². The lowest BCUT2D eigenvalue weighted by atomic mass is 10.1.